The highest BCUT2D eigenvalue weighted by Gasteiger charge is 2.19. The average molecular weight is 345 g/mol. The smallest absolute Gasteiger partial charge is 0.307 e. The fourth-order valence-corrected chi connectivity index (χ4v) is 2.00. The summed E-state index contributed by atoms with van der Waals surface area (Å²) in [5.74, 6) is -0.690. The number of carbonyl (C=O) groups is 2. The van der Waals surface area contributed by atoms with Gasteiger partial charge in [0, 0.05) is 30.0 Å². The van der Waals surface area contributed by atoms with Gasteiger partial charge in [-0.1, -0.05) is 0 Å². The fraction of sp³-hybridized carbons (Fsp3) is 0.462. The van der Waals surface area contributed by atoms with Gasteiger partial charge in [0.1, 0.15) is 0 Å². The monoisotopic (exact) mass is 344 g/mol. The minimum Gasteiger partial charge on any atom is -0.469 e. The molecule has 0 aromatic carbocycles. The van der Waals surface area contributed by atoms with E-state index < -0.39 is 12.1 Å². The van der Waals surface area contributed by atoms with Crippen LogP contribution in [0.4, 0.5) is 0 Å². The van der Waals surface area contributed by atoms with E-state index in [1.54, 1.807) is 19.2 Å². The van der Waals surface area contributed by atoms with Crippen LogP contribution in [0.2, 0.25) is 0 Å². The molecule has 1 heterocycles. The zero-order valence-corrected chi connectivity index (χ0v) is 13.0. The first-order chi connectivity index (χ1) is 9.43. The number of halogens is 1. The lowest BCUT2D eigenvalue weighted by molar-refractivity contribution is -0.140. The van der Waals surface area contributed by atoms with Gasteiger partial charge in [-0.05, 0) is 28.9 Å². The van der Waals surface area contributed by atoms with Gasteiger partial charge in [0.25, 0.3) is 5.91 Å². The molecule has 0 saturated heterocycles. The Balaban J connectivity index is 2.81. The number of rotatable bonds is 6. The Bertz CT molecular complexity index is 479. The molecule has 110 valence electrons. The number of nitrogens with zero attached hydrogens (tertiary/aromatic N) is 2. The highest BCUT2D eigenvalue weighted by molar-refractivity contribution is 9.10. The molecule has 0 aliphatic carbocycles. The third kappa shape index (κ3) is 5.26. The van der Waals surface area contributed by atoms with Gasteiger partial charge in [0.15, 0.2) is 0 Å². The fourth-order valence-electron chi connectivity index (χ4n) is 1.63. The van der Waals surface area contributed by atoms with E-state index in [1.165, 1.54) is 18.2 Å². The van der Waals surface area contributed by atoms with Crippen LogP contribution in [-0.4, -0.2) is 53.2 Å². The van der Waals surface area contributed by atoms with Gasteiger partial charge in [0.05, 0.1) is 25.2 Å². The van der Waals surface area contributed by atoms with Crippen molar-refractivity contribution < 1.29 is 19.4 Å². The first-order valence-electron chi connectivity index (χ1n) is 6.08. The number of aromatic nitrogens is 1. The summed E-state index contributed by atoms with van der Waals surface area (Å²) in [5, 5.41) is 9.46. The summed E-state index contributed by atoms with van der Waals surface area (Å²) in [6.07, 6.45) is 2.41. The summed E-state index contributed by atoms with van der Waals surface area (Å²) < 4.78 is 5.24. The summed E-state index contributed by atoms with van der Waals surface area (Å²) in [5.41, 5.74) is 0.393. The Morgan fingerprint density at radius 1 is 1.50 bits per heavy atom. The van der Waals surface area contributed by atoms with Crippen LogP contribution in [0.25, 0.3) is 0 Å². The second kappa shape index (κ2) is 7.96. The number of aliphatic hydroxyl groups is 1. The number of esters is 1. The molecule has 20 heavy (non-hydrogen) atoms. The second-order valence-electron chi connectivity index (χ2n) is 4.32. The van der Waals surface area contributed by atoms with Crippen LogP contribution in [0.15, 0.2) is 22.9 Å². The number of methoxy groups -OCH3 is 1. The maximum atomic E-state index is 12.3. The lowest BCUT2D eigenvalue weighted by Crippen LogP contribution is -2.38. The summed E-state index contributed by atoms with van der Waals surface area (Å²) in [4.78, 5) is 28.8. The molecule has 1 N–H and O–H groups in total. The molecule has 1 amide bonds. The Morgan fingerprint density at radius 3 is 2.75 bits per heavy atom. The number of carbonyl (C=O) groups excluding carboxylic acids is 2. The van der Waals surface area contributed by atoms with Gasteiger partial charge in [-0.3, -0.25) is 14.6 Å². The van der Waals surface area contributed by atoms with E-state index >= 15 is 0 Å². The number of amides is 1. The molecule has 1 atom stereocenters. The van der Waals surface area contributed by atoms with Gasteiger partial charge in [-0.25, -0.2) is 0 Å². The van der Waals surface area contributed by atoms with E-state index in [0.29, 0.717) is 10.0 Å². The molecule has 7 heteroatoms. The maximum Gasteiger partial charge on any atom is 0.307 e. The third-order valence-corrected chi connectivity index (χ3v) is 2.97. The number of hydrogen-bond donors (Lipinski definition) is 1. The molecular formula is C13H17BrN2O4. The third-order valence-electron chi connectivity index (χ3n) is 2.54. The topological polar surface area (TPSA) is 79.7 Å². The van der Waals surface area contributed by atoms with E-state index in [1.807, 2.05) is 0 Å². The maximum absolute atomic E-state index is 12.3. The average Bonchev–Trinajstić information content (AvgIpc) is 2.41. The van der Waals surface area contributed by atoms with Crippen LogP contribution >= 0.6 is 15.9 Å². The van der Waals surface area contributed by atoms with Gasteiger partial charge < -0.3 is 14.7 Å². The Morgan fingerprint density at radius 2 is 2.20 bits per heavy atom. The molecule has 1 rings (SSSR count). The van der Waals surface area contributed by atoms with E-state index in [-0.39, 0.29) is 25.4 Å². The summed E-state index contributed by atoms with van der Waals surface area (Å²) in [7, 11) is 1.29. The van der Waals surface area contributed by atoms with E-state index in [2.05, 4.69) is 25.7 Å². The van der Waals surface area contributed by atoms with Crippen molar-refractivity contribution in [2.45, 2.75) is 19.4 Å². The molecule has 0 aliphatic heterocycles. The normalized spacial score (nSPS) is 11.8. The standard InChI is InChI=1S/C13H17BrN2O4/c1-9(17)8-16(4-3-12(18)20-2)13(19)10-5-11(14)7-15-6-10/h5-7,9,17H,3-4,8H2,1-2H3. The predicted octanol–water partition coefficient (Wildman–Crippen LogP) is 1.23. The summed E-state index contributed by atoms with van der Waals surface area (Å²) in [6, 6.07) is 1.64. The zero-order valence-electron chi connectivity index (χ0n) is 11.4. The predicted molar refractivity (Wildman–Crippen MR) is 76.2 cm³/mol. The molecule has 0 fully saturated rings. The van der Waals surface area contributed by atoms with Crippen LogP contribution in [0.1, 0.15) is 23.7 Å². The van der Waals surface area contributed by atoms with Crippen molar-refractivity contribution in [2.24, 2.45) is 0 Å². The van der Waals surface area contributed by atoms with Crippen LogP contribution in [0, 0.1) is 0 Å². The van der Waals surface area contributed by atoms with Crippen molar-refractivity contribution in [2.75, 3.05) is 20.2 Å². The number of hydrogen-bond acceptors (Lipinski definition) is 5. The molecule has 0 bridgehead atoms. The van der Waals surface area contributed by atoms with Crippen LogP contribution in [-0.2, 0) is 9.53 Å². The van der Waals surface area contributed by atoms with Gasteiger partial charge in [-0.15, -0.1) is 0 Å². The highest BCUT2D eigenvalue weighted by Crippen LogP contribution is 2.12. The molecule has 1 aromatic rings. The first-order valence-corrected chi connectivity index (χ1v) is 6.88. The molecular weight excluding hydrogens is 328 g/mol. The van der Waals surface area contributed by atoms with Crippen molar-refractivity contribution in [1.29, 1.82) is 0 Å². The molecule has 0 spiro atoms. The quantitative estimate of drug-likeness (QED) is 0.785. The molecule has 1 unspecified atom stereocenters. The summed E-state index contributed by atoms with van der Waals surface area (Å²) in [6.45, 7) is 1.91. The van der Waals surface area contributed by atoms with Gasteiger partial charge in [-0.2, -0.15) is 0 Å². The van der Waals surface area contributed by atoms with Crippen molar-refractivity contribution in [1.82, 2.24) is 9.88 Å². The minimum atomic E-state index is -0.684. The Hall–Kier alpha value is -1.47. The number of pyridine rings is 1. The van der Waals surface area contributed by atoms with E-state index in [4.69, 9.17) is 0 Å². The SMILES string of the molecule is COC(=O)CCN(CC(C)O)C(=O)c1cncc(Br)c1. The second-order valence-corrected chi connectivity index (χ2v) is 5.23. The van der Waals surface area contributed by atoms with Crippen LogP contribution in [0.3, 0.4) is 0 Å². The van der Waals surface area contributed by atoms with E-state index in [0.717, 1.165) is 0 Å². The number of aliphatic hydroxyl groups excluding tert-OH is 1. The van der Waals surface area contributed by atoms with Crippen molar-refractivity contribution in [3.05, 3.63) is 28.5 Å². The molecule has 0 aliphatic rings. The first kappa shape index (κ1) is 16.6. The Kier molecular flexibility index (Phi) is 6.60. The lowest BCUT2D eigenvalue weighted by Gasteiger charge is -2.23. The van der Waals surface area contributed by atoms with Gasteiger partial charge >= 0.3 is 5.97 Å². The van der Waals surface area contributed by atoms with Crippen molar-refractivity contribution >= 4 is 27.8 Å². The van der Waals surface area contributed by atoms with Crippen molar-refractivity contribution in [3.63, 3.8) is 0 Å². The molecule has 1 aromatic heterocycles. The lowest BCUT2D eigenvalue weighted by atomic mass is 10.2. The van der Waals surface area contributed by atoms with Crippen LogP contribution < -0.4 is 0 Å². The molecule has 0 radical (unpaired) electrons. The molecule has 6 nitrogen and oxygen atoms in total. The van der Waals surface area contributed by atoms with Gasteiger partial charge in [0.2, 0.25) is 0 Å². The van der Waals surface area contributed by atoms with Crippen LogP contribution in [0.5, 0.6) is 0 Å². The van der Waals surface area contributed by atoms with E-state index in [9.17, 15) is 14.7 Å². The largest absolute Gasteiger partial charge is 0.469 e. The Labute approximate surface area is 125 Å². The minimum absolute atomic E-state index is 0.0798. The number of ether oxygens (including phenoxy) is 1. The summed E-state index contributed by atoms with van der Waals surface area (Å²) >= 11 is 3.25. The molecule has 0 saturated carbocycles. The van der Waals surface area contributed by atoms with Crippen molar-refractivity contribution in [3.8, 4) is 0 Å². The highest BCUT2D eigenvalue weighted by atomic mass is 79.9. The zero-order chi connectivity index (χ0) is 15.1.